The highest BCUT2D eigenvalue weighted by molar-refractivity contribution is 5.96. The molecule has 1 aromatic rings. The summed E-state index contributed by atoms with van der Waals surface area (Å²) in [5.41, 5.74) is 0.537. The quantitative estimate of drug-likeness (QED) is 0.685. The van der Waals surface area contributed by atoms with E-state index in [0.29, 0.717) is 11.7 Å². The molecular weight excluding hydrogens is 220 g/mol. The maximum absolute atomic E-state index is 12.8. The second-order valence-electron chi connectivity index (χ2n) is 6.08. The van der Waals surface area contributed by atoms with Gasteiger partial charge in [-0.2, -0.15) is 0 Å². The molecule has 2 fully saturated rings. The molecule has 0 radical (unpaired) electrons. The minimum Gasteiger partial charge on any atom is -0.298 e. The number of rotatable bonds is 1. The summed E-state index contributed by atoms with van der Waals surface area (Å²) >= 11 is 0. The second kappa shape index (κ2) is 3.48. The van der Waals surface area contributed by atoms with Gasteiger partial charge in [0.2, 0.25) is 0 Å². The van der Waals surface area contributed by atoms with Gasteiger partial charge in [0, 0.05) is 16.7 Å². The molecule has 0 amide bonds. The van der Waals surface area contributed by atoms with Gasteiger partial charge in [0.15, 0.2) is 0 Å². The third kappa shape index (κ3) is 1.11. The zero-order chi connectivity index (χ0) is 13.0. The standard InChI is InChI=1S/C17H18O/c1-4-16(2)13-10-11-17(16,3)15(18)14(13)12-8-6-5-7-9-12/h1,5-9,13-14H,10-11H2,2-3H3. The Bertz CT molecular complexity index is 538. The summed E-state index contributed by atoms with van der Waals surface area (Å²) in [6, 6.07) is 10.1. The monoisotopic (exact) mass is 238 g/mol. The first-order valence-electron chi connectivity index (χ1n) is 6.61. The lowest BCUT2D eigenvalue weighted by Crippen LogP contribution is -2.34. The van der Waals surface area contributed by atoms with Crippen molar-refractivity contribution in [3.63, 3.8) is 0 Å². The van der Waals surface area contributed by atoms with Crippen molar-refractivity contribution in [2.75, 3.05) is 0 Å². The first-order valence-corrected chi connectivity index (χ1v) is 6.61. The van der Waals surface area contributed by atoms with Gasteiger partial charge in [0.05, 0.1) is 0 Å². The van der Waals surface area contributed by atoms with Crippen molar-refractivity contribution in [2.24, 2.45) is 16.7 Å². The zero-order valence-corrected chi connectivity index (χ0v) is 10.9. The van der Waals surface area contributed by atoms with Gasteiger partial charge in [-0.25, -0.2) is 0 Å². The number of hydrogen-bond donors (Lipinski definition) is 0. The van der Waals surface area contributed by atoms with Gasteiger partial charge in [-0.05, 0) is 31.2 Å². The lowest BCUT2D eigenvalue weighted by molar-refractivity contribution is -0.129. The fraction of sp³-hybridized carbons (Fsp3) is 0.471. The van der Waals surface area contributed by atoms with E-state index < -0.39 is 0 Å². The molecule has 3 rings (SSSR count). The first-order chi connectivity index (χ1) is 8.54. The molecule has 4 atom stereocenters. The van der Waals surface area contributed by atoms with Gasteiger partial charge in [-0.15, -0.1) is 6.42 Å². The zero-order valence-electron chi connectivity index (χ0n) is 10.9. The largest absolute Gasteiger partial charge is 0.298 e. The topological polar surface area (TPSA) is 17.1 Å². The highest BCUT2D eigenvalue weighted by Gasteiger charge is 2.68. The molecule has 2 aliphatic carbocycles. The van der Waals surface area contributed by atoms with Gasteiger partial charge < -0.3 is 0 Å². The van der Waals surface area contributed by atoms with E-state index in [1.165, 1.54) is 0 Å². The summed E-state index contributed by atoms with van der Waals surface area (Å²) < 4.78 is 0. The van der Waals surface area contributed by atoms with Crippen LogP contribution in [0.1, 0.15) is 38.2 Å². The Morgan fingerprint density at radius 2 is 1.94 bits per heavy atom. The van der Waals surface area contributed by atoms with Crippen LogP contribution in [0.15, 0.2) is 30.3 Å². The highest BCUT2D eigenvalue weighted by Crippen LogP contribution is 2.67. The van der Waals surface area contributed by atoms with Crippen LogP contribution in [0.5, 0.6) is 0 Å². The summed E-state index contributed by atoms with van der Waals surface area (Å²) in [6.45, 7) is 4.17. The number of fused-ring (bicyclic) bond motifs is 2. The number of Topliss-reactive ketones (excluding diaryl/α,β-unsaturated/α-hetero) is 1. The van der Waals surface area contributed by atoms with Crippen LogP contribution in [-0.2, 0) is 4.79 Å². The molecule has 18 heavy (non-hydrogen) atoms. The third-order valence-corrected chi connectivity index (χ3v) is 5.53. The Morgan fingerprint density at radius 1 is 1.28 bits per heavy atom. The van der Waals surface area contributed by atoms with Crippen molar-refractivity contribution in [3.8, 4) is 12.3 Å². The van der Waals surface area contributed by atoms with Crippen molar-refractivity contribution >= 4 is 5.78 Å². The van der Waals surface area contributed by atoms with Gasteiger partial charge in [0.1, 0.15) is 5.78 Å². The average molecular weight is 238 g/mol. The van der Waals surface area contributed by atoms with Crippen LogP contribution in [0.2, 0.25) is 0 Å². The smallest absolute Gasteiger partial charge is 0.148 e. The molecule has 0 aliphatic heterocycles. The van der Waals surface area contributed by atoms with E-state index in [0.717, 1.165) is 18.4 Å². The summed E-state index contributed by atoms with van der Waals surface area (Å²) in [6.07, 6.45) is 7.79. The first kappa shape index (κ1) is 11.5. The van der Waals surface area contributed by atoms with Crippen LogP contribution in [0.4, 0.5) is 0 Å². The van der Waals surface area contributed by atoms with Crippen molar-refractivity contribution in [3.05, 3.63) is 35.9 Å². The maximum Gasteiger partial charge on any atom is 0.148 e. The van der Waals surface area contributed by atoms with Gasteiger partial charge >= 0.3 is 0 Å². The lowest BCUT2D eigenvalue weighted by Gasteiger charge is -2.31. The minimum absolute atomic E-state index is 0.00556. The molecule has 1 aromatic carbocycles. The molecule has 92 valence electrons. The van der Waals surface area contributed by atoms with Crippen LogP contribution in [0.3, 0.4) is 0 Å². The molecule has 0 aromatic heterocycles. The SMILES string of the molecule is C#CC1(C)C2CCC1(C)C(=O)C2c1ccccc1. The molecule has 0 N–H and O–H groups in total. The molecular formula is C17H18O. The van der Waals surface area contributed by atoms with E-state index in [9.17, 15) is 4.79 Å². The maximum atomic E-state index is 12.8. The van der Waals surface area contributed by atoms with Gasteiger partial charge in [-0.3, -0.25) is 4.79 Å². The van der Waals surface area contributed by atoms with E-state index in [-0.39, 0.29) is 16.7 Å². The normalized spacial score (nSPS) is 41.9. The Labute approximate surface area is 109 Å². The molecule has 4 unspecified atom stereocenters. The molecule has 2 bridgehead atoms. The van der Waals surface area contributed by atoms with Crippen molar-refractivity contribution in [1.82, 2.24) is 0 Å². The number of carbonyl (C=O) groups excluding carboxylic acids is 1. The molecule has 0 saturated heterocycles. The summed E-state index contributed by atoms with van der Waals surface area (Å²) in [5.74, 6) is 3.62. The predicted octanol–water partition coefficient (Wildman–Crippen LogP) is 3.41. The fourth-order valence-corrected chi connectivity index (χ4v) is 4.12. The Kier molecular flexibility index (Phi) is 2.23. The van der Waals surface area contributed by atoms with Crippen LogP contribution < -0.4 is 0 Å². The number of benzene rings is 1. The Balaban J connectivity index is 2.12. The molecule has 0 spiro atoms. The van der Waals surface area contributed by atoms with E-state index >= 15 is 0 Å². The summed E-state index contributed by atoms with van der Waals surface area (Å²) in [4.78, 5) is 12.8. The van der Waals surface area contributed by atoms with E-state index in [4.69, 9.17) is 6.42 Å². The van der Waals surface area contributed by atoms with Gasteiger partial charge in [0.25, 0.3) is 0 Å². The average Bonchev–Trinajstić information content (AvgIpc) is 2.74. The van der Waals surface area contributed by atoms with E-state index in [1.807, 2.05) is 18.2 Å². The molecule has 0 heterocycles. The van der Waals surface area contributed by atoms with Crippen LogP contribution in [0.25, 0.3) is 0 Å². The summed E-state index contributed by atoms with van der Waals surface area (Å²) in [5, 5.41) is 0. The Hall–Kier alpha value is -1.55. The lowest BCUT2D eigenvalue weighted by atomic mass is 9.70. The molecule has 2 saturated carbocycles. The van der Waals surface area contributed by atoms with E-state index in [2.05, 4.69) is 31.9 Å². The van der Waals surface area contributed by atoms with E-state index in [1.54, 1.807) is 0 Å². The fourth-order valence-electron chi connectivity index (χ4n) is 4.12. The van der Waals surface area contributed by atoms with Crippen molar-refractivity contribution < 1.29 is 4.79 Å². The molecule has 1 heteroatoms. The second-order valence-corrected chi connectivity index (χ2v) is 6.08. The molecule has 1 nitrogen and oxygen atoms in total. The summed E-state index contributed by atoms with van der Waals surface area (Å²) in [7, 11) is 0. The van der Waals surface area contributed by atoms with Crippen LogP contribution >= 0.6 is 0 Å². The van der Waals surface area contributed by atoms with Crippen molar-refractivity contribution in [2.45, 2.75) is 32.6 Å². The van der Waals surface area contributed by atoms with Crippen LogP contribution in [0, 0.1) is 29.1 Å². The van der Waals surface area contributed by atoms with Gasteiger partial charge in [-0.1, -0.05) is 43.2 Å². The number of hydrogen-bond acceptors (Lipinski definition) is 1. The molecule has 2 aliphatic rings. The number of terminal acetylenes is 1. The predicted molar refractivity (Wildman–Crippen MR) is 72.0 cm³/mol. The van der Waals surface area contributed by atoms with Crippen LogP contribution in [-0.4, -0.2) is 5.78 Å². The Morgan fingerprint density at radius 3 is 2.50 bits per heavy atom. The third-order valence-electron chi connectivity index (χ3n) is 5.53. The minimum atomic E-state index is -0.326. The number of ketones is 1. The van der Waals surface area contributed by atoms with Crippen molar-refractivity contribution in [1.29, 1.82) is 0 Å². The highest BCUT2D eigenvalue weighted by atomic mass is 16.1. The number of carbonyl (C=O) groups is 1.